The van der Waals surface area contributed by atoms with Gasteiger partial charge in [0.1, 0.15) is 0 Å². The molecule has 6 aromatic carbocycles. The highest BCUT2D eigenvalue weighted by atomic mass is 32.2. The van der Waals surface area contributed by atoms with Crippen LogP contribution in [-0.4, -0.2) is 23.1 Å². The van der Waals surface area contributed by atoms with Crippen molar-refractivity contribution in [1.82, 2.24) is 0 Å². The Labute approximate surface area is 385 Å². The number of rotatable bonds is 18. The van der Waals surface area contributed by atoms with Crippen molar-refractivity contribution >= 4 is 44.6 Å². The summed E-state index contributed by atoms with van der Waals surface area (Å²) in [6.45, 7) is 26.6. The second kappa shape index (κ2) is 20.3. The van der Waals surface area contributed by atoms with Crippen molar-refractivity contribution in [2.75, 3.05) is 0 Å². The Morgan fingerprint density at radius 3 is 1.28 bits per heavy atom. The molecule has 3 N–H and O–H groups in total. The number of sulfone groups is 1. The van der Waals surface area contributed by atoms with Crippen LogP contribution in [0.5, 0.6) is 0 Å². The van der Waals surface area contributed by atoms with E-state index in [0.717, 1.165) is 82.3 Å². The van der Waals surface area contributed by atoms with Gasteiger partial charge in [-0.05, 0) is 170 Å². The van der Waals surface area contributed by atoms with Gasteiger partial charge in [-0.25, -0.2) is 8.42 Å². The summed E-state index contributed by atoms with van der Waals surface area (Å²) < 4.78 is 30.7. The van der Waals surface area contributed by atoms with Gasteiger partial charge >= 0.3 is 7.94 Å². The van der Waals surface area contributed by atoms with Crippen molar-refractivity contribution in [1.29, 1.82) is 0 Å². The van der Waals surface area contributed by atoms with E-state index in [0.29, 0.717) is 28.5 Å². The molecule has 0 saturated carbocycles. The van der Waals surface area contributed by atoms with E-state index in [1.54, 1.807) is 0 Å². The Hall–Kier alpha value is -3.90. The summed E-state index contributed by atoms with van der Waals surface area (Å²) in [7, 11) is -8.88. The van der Waals surface area contributed by atoms with E-state index in [1.165, 1.54) is 34.4 Å². The predicted octanol–water partition coefficient (Wildman–Crippen LogP) is 15.7. The van der Waals surface area contributed by atoms with Gasteiger partial charge in [0.2, 0.25) is 0 Å². The number of benzene rings is 6. The summed E-state index contributed by atoms with van der Waals surface area (Å²) in [5.74, 6) is 0.951. The van der Waals surface area contributed by atoms with Crippen LogP contribution in [0.15, 0.2) is 95.9 Å². The highest BCUT2D eigenvalue weighted by molar-refractivity contribution is 7.90. The van der Waals surface area contributed by atoms with E-state index in [4.69, 9.17) is 0 Å². The predicted molar refractivity (Wildman–Crippen MR) is 275 cm³/mol. The molecule has 6 aromatic rings. The monoisotopic (exact) mass is 901 g/mol. The summed E-state index contributed by atoms with van der Waals surface area (Å²) >= 11 is 0. The molecule has 0 spiro atoms. The first kappa shape index (κ1) is 49.5. The van der Waals surface area contributed by atoms with Crippen LogP contribution in [-0.2, 0) is 15.6 Å². The summed E-state index contributed by atoms with van der Waals surface area (Å²) in [6.07, 6.45) is 5.47. The minimum absolute atomic E-state index is 0.00872. The molecule has 7 heteroatoms. The molecule has 0 aliphatic carbocycles. The van der Waals surface area contributed by atoms with E-state index in [2.05, 4.69) is 132 Å². The van der Waals surface area contributed by atoms with Crippen LogP contribution in [0.1, 0.15) is 196 Å². The van der Waals surface area contributed by atoms with Crippen LogP contribution in [0.2, 0.25) is 0 Å². The first-order chi connectivity index (χ1) is 30.3. The average molecular weight is 902 g/mol. The van der Waals surface area contributed by atoms with E-state index in [1.807, 2.05) is 30.3 Å². The lowest BCUT2D eigenvalue weighted by atomic mass is 9.79. The van der Waals surface area contributed by atoms with Crippen molar-refractivity contribution in [3.63, 3.8) is 0 Å². The molecule has 0 aromatic heterocycles. The second-order valence-electron chi connectivity index (χ2n) is 19.0. The van der Waals surface area contributed by atoms with E-state index in [-0.39, 0.29) is 39.6 Å². The normalized spacial score (nSPS) is 15.3. The minimum atomic E-state index is -4.78. The molecule has 0 heterocycles. The zero-order valence-electron chi connectivity index (χ0n) is 40.6. The van der Waals surface area contributed by atoms with Gasteiger partial charge in [0, 0.05) is 11.1 Å². The third-order valence-corrected chi connectivity index (χ3v) is 17.6. The molecule has 5 nitrogen and oxygen atoms in total. The quantitative estimate of drug-likeness (QED) is 0.0747. The largest absolute Gasteiger partial charge is 0.441 e. The standard InChI is InChI=1S/C57H74O5PS/c1-13-35(7)42-26-44-30-48(39(11)17-5)52(32-50(44)46(28-42)37(9)15-3)56-54(63(58,59)60)24-25-55(64(61,62)34-41-22-20-19-21-23-41)57(56)53-33-51-45(31-49(53)40(12)18-6)27-43(36(8)14-2)29-47(51)38(10)16-4/h19-33,35-40,58-60H,13-18,34H2,1-12H3/q+1. The third kappa shape index (κ3) is 9.93. The lowest BCUT2D eigenvalue weighted by Crippen LogP contribution is -2.19. The summed E-state index contributed by atoms with van der Waals surface area (Å²) in [6, 6.07) is 30.5. The fourth-order valence-electron chi connectivity index (χ4n) is 9.44. The molecule has 342 valence electrons. The van der Waals surface area contributed by atoms with Gasteiger partial charge in [-0.15, -0.1) is 0 Å². The van der Waals surface area contributed by atoms with Crippen molar-refractivity contribution in [2.45, 2.75) is 168 Å². The zero-order chi connectivity index (χ0) is 46.8. The number of hydrogen-bond acceptors (Lipinski definition) is 5. The SMILES string of the molecule is CCC(C)c1cc(C(C)CC)c2cc(-c3c([P+](O)(O)O)ccc(S(=O)(=O)Cc4ccccc4)c3-c3cc4c(C(C)CC)cc(C(C)CC)cc4cc3C(C)CC)c(C(C)CC)cc2c1. The summed E-state index contributed by atoms with van der Waals surface area (Å²) in [4.78, 5) is 35.1. The van der Waals surface area contributed by atoms with Crippen molar-refractivity contribution in [3.8, 4) is 22.3 Å². The first-order valence-corrected chi connectivity index (χ1v) is 27.4. The maximum atomic E-state index is 15.3. The molecule has 6 atom stereocenters. The molecule has 0 aliphatic rings. The lowest BCUT2D eigenvalue weighted by Gasteiger charge is -2.27. The van der Waals surface area contributed by atoms with E-state index >= 15 is 8.42 Å². The van der Waals surface area contributed by atoms with Gasteiger partial charge in [0.05, 0.1) is 10.6 Å². The third-order valence-electron chi connectivity index (χ3n) is 14.8. The van der Waals surface area contributed by atoms with Gasteiger partial charge in [0.25, 0.3) is 0 Å². The molecular weight excluding hydrogens is 828 g/mol. The van der Waals surface area contributed by atoms with Gasteiger partial charge in [-0.2, -0.15) is 14.7 Å². The molecule has 0 fully saturated rings. The Morgan fingerprint density at radius 1 is 0.469 bits per heavy atom. The highest BCUT2D eigenvalue weighted by Crippen LogP contribution is 2.53. The van der Waals surface area contributed by atoms with Gasteiger partial charge in [-0.1, -0.05) is 150 Å². The zero-order valence-corrected chi connectivity index (χ0v) is 42.3. The van der Waals surface area contributed by atoms with Crippen LogP contribution in [0, 0.1) is 0 Å². The highest BCUT2D eigenvalue weighted by Gasteiger charge is 2.42. The summed E-state index contributed by atoms with van der Waals surface area (Å²) in [5.41, 5.74) is 9.88. The average Bonchev–Trinajstić information content (AvgIpc) is 3.29. The molecule has 64 heavy (non-hydrogen) atoms. The summed E-state index contributed by atoms with van der Waals surface area (Å²) in [5, 5.41) is 4.29. The van der Waals surface area contributed by atoms with Gasteiger partial charge in [0.15, 0.2) is 15.1 Å². The van der Waals surface area contributed by atoms with E-state index < -0.39 is 17.8 Å². The van der Waals surface area contributed by atoms with Crippen molar-refractivity contribution in [3.05, 3.63) is 130 Å². The lowest BCUT2D eigenvalue weighted by molar-refractivity contribution is 0.347. The van der Waals surface area contributed by atoms with Gasteiger partial charge in [-0.3, -0.25) is 0 Å². The Morgan fingerprint density at radius 2 is 0.875 bits per heavy atom. The fourth-order valence-corrected chi connectivity index (χ4v) is 11.8. The van der Waals surface area contributed by atoms with Crippen LogP contribution in [0.25, 0.3) is 43.8 Å². The first-order valence-electron chi connectivity index (χ1n) is 24.1. The smallest absolute Gasteiger partial charge is 0.223 e. The van der Waals surface area contributed by atoms with Crippen LogP contribution in [0.4, 0.5) is 0 Å². The molecule has 0 saturated heterocycles. The maximum Gasteiger partial charge on any atom is 0.441 e. The number of hydrogen-bond donors (Lipinski definition) is 3. The van der Waals surface area contributed by atoms with Crippen LogP contribution < -0.4 is 5.30 Å². The van der Waals surface area contributed by atoms with Crippen molar-refractivity contribution < 1.29 is 23.1 Å². The maximum absolute atomic E-state index is 15.3. The molecule has 0 radical (unpaired) electrons. The Kier molecular flexibility index (Phi) is 15.7. The fraction of sp³-hybridized carbons (Fsp3) is 0.439. The Balaban J connectivity index is 1.92. The molecule has 6 rings (SSSR count). The minimum Gasteiger partial charge on any atom is -0.223 e. The second-order valence-corrected chi connectivity index (χ2v) is 22.6. The Bertz CT molecular complexity index is 2720. The molecule has 0 bridgehead atoms. The molecule has 0 amide bonds. The topological polar surface area (TPSA) is 94.8 Å². The van der Waals surface area contributed by atoms with E-state index in [9.17, 15) is 14.7 Å². The van der Waals surface area contributed by atoms with Crippen molar-refractivity contribution in [2.24, 2.45) is 0 Å². The van der Waals surface area contributed by atoms with Crippen LogP contribution >= 0.6 is 7.94 Å². The van der Waals surface area contributed by atoms with Crippen LogP contribution in [0.3, 0.4) is 0 Å². The molecular formula is C57H74O5PS+. The molecule has 6 unspecified atom stereocenters. The molecule has 0 aliphatic heterocycles. The van der Waals surface area contributed by atoms with Gasteiger partial charge < -0.3 is 0 Å². The number of fused-ring (bicyclic) bond motifs is 2.